The topological polar surface area (TPSA) is 110 Å². The van der Waals surface area contributed by atoms with Crippen LogP contribution in [0, 0.1) is 16.0 Å². The average Bonchev–Trinajstić information content (AvgIpc) is 3.09. The molecule has 0 saturated heterocycles. The first-order valence-electron chi connectivity index (χ1n) is 8.69. The number of carbonyl (C=O) groups excluding carboxylic acids is 1. The van der Waals surface area contributed by atoms with Crippen LogP contribution in [0.5, 0.6) is 0 Å². The van der Waals surface area contributed by atoms with Gasteiger partial charge in [-0.25, -0.2) is 4.99 Å². The van der Waals surface area contributed by atoms with Crippen LogP contribution in [-0.2, 0) is 9.53 Å². The number of hydrogen-bond acceptors (Lipinski definition) is 6. The van der Waals surface area contributed by atoms with Crippen molar-refractivity contribution in [2.45, 2.75) is 32.6 Å². The first-order chi connectivity index (χ1) is 13.0. The highest BCUT2D eigenvalue weighted by Gasteiger charge is 2.42. The smallest absolute Gasteiger partial charge is 0.315 e. The Morgan fingerprint density at radius 1 is 1.37 bits per heavy atom. The van der Waals surface area contributed by atoms with Crippen molar-refractivity contribution in [3.63, 3.8) is 0 Å². The number of nitrogens with zero attached hydrogens (tertiary/aromatic N) is 3. The number of fused-ring (bicyclic) bond motifs is 1. The Bertz CT molecular complexity index is 909. The Labute approximate surface area is 164 Å². The van der Waals surface area contributed by atoms with E-state index in [0.717, 1.165) is 6.42 Å². The lowest BCUT2D eigenvalue weighted by Gasteiger charge is -2.30. The van der Waals surface area contributed by atoms with E-state index < -0.39 is 16.8 Å². The first kappa shape index (κ1) is 19.2. The predicted molar refractivity (Wildman–Crippen MR) is 103 cm³/mol. The van der Waals surface area contributed by atoms with Crippen LogP contribution in [0.4, 0.5) is 11.5 Å². The molecule has 27 heavy (non-hydrogen) atoms. The highest BCUT2D eigenvalue weighted by atomic mass is 79.9. The molecule has 1 aromatic carbocycles. The van der Waals surface area contributed by atoms with Crippen LogP contribution in [0.2, 0.25) is 0 Å². The van der Waals surface area contributed by atoms with Crippen LogP contribution >= 0.6 is 15.9 Å². The number of ether oxygens (including phenoxy) is 1. The molecular formula is C18H19BrN4O4. The Balaban J connectivity index is 2.21. The van der Waals surface area contributed by atoms with Gasteiger partial charge in [0.15, 0.2) is 5.82 Å². The van der Waals surface area contributed by atoms with E-state index in [1.165, 1.54) is 6.07 Å². The largest absolute Gasteiger partial charge is 0.465 e. The number of aromatic amines is 1. The molecule has 0 fully saturated rings. The van der Waals surface area contributed by atoms with E-state index in [1.54, 1.807) is 25.3 Å². The van der Waals surface area contributed by atoms with Gasteiger partial charge in [-0.3, -0.25) is 20.0 Å². The van der Waals surface area contributed by atoms with Gasteiger partial charge in [-0.1, -0.05) is 25.5 Å². The highest BCUT2D eigenvalue weighted by Crippen LogP contribution is 2.46. The second-order valence-corrected chi connectivity index (χ2v) is 6.96. The number of nitrogens with one attached hydrogen (secondary N) is 1. The van der Waals surface area contributed by atoms with Crippen LogP contribution in [0.15, 0.2) is 33.9 Å². The number of aliphatic imine (C=N–C) groups is 1. The van der Waals surface area contributed by atoms with Gasteiger partial charge in [-0.05, 0) is 34.8 Å². The zero-order chi connectivity index (χ0) is 19.6. The standard InChI is InChI=1S/C18H19BrN4O4/c1-3-6-12-15(18(24)27-4-2)14(11-9-20-22-17(11)21-12)10-7-5-8-13(16(10)19)23(25)26/h5,7-9,14-15H,3-4,6H2,1-2H3,(H,20,22). The fourth-order valence-corrected chi connectivity index (χ4v) is 4.08. The Kier molecular flexibility index (Phi) is 5.69. The summed E-state index contributed by atoms with van der Waals surface area (Å²) in [5, 5.41) is 18.3. The molecule has 2 unspecified atom stereocenters. The molecule has 0 aliphatic carbocycles. The van der Waals surface area contributed by atoms with E-state index in [-0.39, 0.29) is 18.3 Å². The van der Waals surface area contributed by atoms with E-state index >= 15 is 0 Å². The molecule has 1 aliphatic rings. The summed E-state index contributed by atoms with van der Waals surface area (Å²) in [6.45, 7) is 4.00. The number of carbonyl (C=O) groups is 1. The van der Waals surface area contributed by atoms with Gasteiger partial charge in [0.2, 0.25) is 0 Å². The van der Waals surface area contributed by atoms with E-state index in [2.05, 4.69) is 31.1 Å². The number of hydrogen-bond donors (Lipinski definition) is 1. The molecule has 0 radical (unpaired) electrons. The van der Waals surface area contributed by atoms with E-state index in [4.69, 9.17) is 4.74 Å². The maximum absolute atomic E-state index is 12.8. The lowest BCUT2D eigenvalue weighted by atomic mass is 9.76. The summed E-state index contributed by atoms with van der Waals surface area (Å²) in [4.78, 5) is 28.4. The number of halogens is 1. The number of benzene rings is 1. The summed E-state index contributed by atoms with van der Waals surface area (Å²) < 4.78 is 5.67. The van der Waals surface area contributed by atoms with Gasteiger partial charge in [0.05, 0.1) is 22.2 Å². The third kappa shape index (κ3) is 3.51. The van der Waals surface area contributed by atoms with E-state index in [9.17, 15) is 14.9 Å². The Hall–Kier alpha value is -2.55. The third-order valence-corrected chi connectivity index (χ3v) is 5.38. The van der Waals surface area contributed by atoms with Crippen LogP contribution in [0.3, 0.4) is 0 Å². The second-order valence-electron chi connectivity index (χ2n) is 6.17. The predicted octanol–water partition coefficient (Wildman–Crippen LogP) is 4.28. The van der Waals surface area contributed by atoms with Crippen molar-refractivity contribution in [2.24, 2.45) is 10.9 Å². The minimum atomic E-state index is -0.659. The molecule has 3 rings (SSSR count). The molecule has 2 heterocycles. The molecule has 8 nitrogen and oxygen atoms in total. The van der Waals surface area contributed by atoms with Crippen molar-refractivity contribution in [1.82, 2.24) is 10.2 Å². The molecule has 0 spiro atoms. The van der Waals surface area contributed by atoms with Gasteiger partial charge in [0.25, 0.3) is 5.69 Å². The van der Waals surface area contributed by atoms with Crippen molar-refractivity contribution < 1.29 is 14.5 Å². The fourth-order valence-electron chi connectivity index (χ4n) is 3.43. The molecule has 2 aromatic rings. The molecule has 0 saturated carbocycles. The van der Waals surface area contributed by atoms with Crippen LogP contribution < -0.4 is 0 Å². The van der Waals surface area contributed by atoms with Gasteiger partial charge in [-0.15, -0.1) is 0 Å². The van der Waals surface area contributed by atoms with Gasteiger partial charge >= 0.3 is 5.97 Å². The van der Waals surface area contributed by atoms with Gasteiger partial charge in [0, 0.05) is 23.3 Å². The Morgan fingerprint density at radius 3 is 2.81 bits per heavy atom. The van der Waals surface area contributed by atoms with Crippen molar-refractivity contribution >= 4 is 39.1 Å². The van der Waals surface area contributed by atoms with E-state index in [0.29, 0.717) is 33.5 Å². The third-order valence-electron chi connectivity index (χ3n) is 4.52. The quantitative estimate of drug-likeness (QED) is 0.414. The molecule has 1 aromatic heterocycles. The maximum Gasteiger partial charge on any atom is 0.315 e. The first-order valence-corrected chi connectivity index (χ1v) is 9.49. The average molecular weight is 435 g/mol. The summed E-state index contributed by atoms with van der Waals surface area (Å²) in [5.41, 5.74) is 1.98. The normalized spacial score (nSPS) is 18.6. The minimum Gasteiger partial charge on any atom is -0.465 e. The highest BCUT2D eigenvalue weighted by molar-refractivity contribution is 9.10. The van der Waals surface area contributed by atoms with Crippen molar-refractivity contribution in [3.05, 3.63) is 50.1 Å². The molecule has 2 atom stereocenters. The van der Waals surface area contributed by atoms with Crippen LogP contribution in [0.1, 0.15) is 43.7 Å². The molecule has 142 valence electrons. The number of aromatic nitrogens is 2. The lowest BCUT2D eigenvalue weighted by Crippen LogP contribution is -2.34. The molecule has 9 heteroatoms. The summed E-state index contributed by atoms with van der Waals surface area (Å²) in [6.07, 6.45) is 3.04. The van der Waals surface area contributed by atoms with Crippen molar-refractivity contribution in [1.29, 1.82) is 0 Å². The van der Waals surface area contributed by atoms with Crippen molar-refractivity contribution in [2.75, 3.05) is 6.61 Å². The summed E-state index contributed by atoms with van der Waals surface area (Å²) in [6, 6.07) is 4.82. The molecule has 1 aliphatic heterocycles. The molecule has 1 N–H and O–H groups in total. The zero-order valence-electron chi connectivity index (χ0n) is 14.9. The van der Waals surface area contributed by atoms with Crippen LogP contribution in [0.25, 0.3) is 0 Å². The molecular weight excluding hydrogens is 416 g/mol. The number of nitro benzene ring substituents is 1. The van der Waals surface area contributed by atoms with Crippen molar-refractivity contribution in [3.8, 4) is 0 Å². The maximum atomic E-state index is 12.8. The van der Waals surface area contributed by atoms with Gasteiger partial charge in [-0.2, -0.15) is 5.10 Å². The van der Waals surface area contributed by atoms with E-state index in [1.807, 2.05) is 6.92 Å². The number of esters is 1. The van der Waals surface area contributed by atoms with Gasteiger partial charge in [0.1, 0.15) is 5.92 Å². The molecule has 0 bridgehead atoms. The summed E-state index contributed by atoms with van der Waals surface area (Å²) in [7, 11) is 0. The number of rotatable bonds is 6. The minimum absolute atomic E-state index is 0.0558. The number of H-pyrrole nitrogens is 1. The molecule has 0 amide bonds. The van der Waals surface area contributed by atoms with Gasteiger partial charge < -0.3 is 4.74 Å². The Morgan fingerprint density at radius 2 is 2.15 bits per heavy atom. The number of nitro groups is 1. The fraction of sp³-hybridized carbons (Fsp3) is 0.389. The summed E-state index contributed by atoms with van der Waals surface area (Å²) >= 11 is 3.37. The lowest BCUT2D eigenvalue weighted by molar-refractivity contribution is -0.385. The zero-order valence-corrected chi connectivity index (χ0v) is 16.5. The summed E-state index contributed by atoms with van der Waals surface area (Å²) in [5.74, 6) is -0.957. The van der Waals surface area contributed by atoms with Crippen LogP contribution in [-0.4, -0.2) is 33.4 Å². The SMILES string of the molecule is CCCC1=Nc2[nH]ncc2C(c2cccc([N+](=O)[O-])c2Br)C1C(=O)OCC. The second kappa shape index (κ2) is 7.99. The monoisotopic (exact) mass is 434 g/mol.